The van der Waals surface area contributed by atoms with Crippen LogP contribution < -0.4 is 5.32 Å². The van der Waals surface area contributed by atoms with Crippen molar-refractivity contribution in [1.82, 2.24) is 15.0 Å². The zero-order valence-corrected chi connectivity index (χ0v) is 13.8. The van der Waals surface area contributed by atoms with Crippen molar-refractivity contribution in [2.75, 3.05) is 5.32 Å². The zero-order valence-electron chi connectivity index (χ0n) is 11.4. The molecule has 0 radical (unpaired) electrons. The number of rotatable bonds is 4. The van der Waals surface area contributed by atoms with Crippen molar-refractivity contribution < 1.29 is 4.79 Å². The maximum Gasteiger partial charge on any atom is 0.231 e. The summed E-state index contributed by atoms with van der Waals surface area (Å²) in [5, 5.41) is 5.43. The number of hydrogen-bond donors (Lipinski definition) is 1. The second-order valence-electron chi connectivity index (χ2n) is 4.45. The van der Waals surface area contributed by atoms with E-state index in [-0.39, 0.29) is 12.3 Å². The van der Waals surface area contributed by atoms with Crippen LogP contribution in [-0.2, 0) is 11.2 Å². The van der Waals surface area contributed by atoms with Crippen molar-refractivity contribution >= 4 is 39.0 Å². The quantitative estimate of drug-likeness (QED) is 0.758. The van der Waals surface area contributed by atoms with E-state index in [1.807, 2.05) is 29.6 Å². The fraction of sp³-hybridized carbons (Fsp3) is 0.0667. The Kier molecular flexibility index (Phi) is 4.55. The van der Waals surface area contributed by atoms with Gasteiger partial charge in [0.1, 0.15) is 10.8 Å². The van der Waals surface area contributed by atoms with Crippen molar-refractivity contribution in [3.05, 3.63) is 58.3 Å². The number of anilines is 1. The molecule has 0 fully saturated rings. The molecule has 1 N–H and O–H groups in total. The number of thiazole rings is 1. The highest BCUT2D eigenvalue weighted by atomic mass is 79.9. The summed E-state index contributed by atoms with van der Waals surface area (Å²) in [6.45, 7) is 0. The average molecular weight is 375 g/mol. The minimum absolute atomic E-state index is 0.146. The second-order valence-corrected chi connectivity index (χ2v) is 6.22. The molecule has 110 valence electrons. The van der Waals surface area contributed by atoms with Crippen LogP contribution in [0.4, 0.5) is 5.82 Å². The number of carbonyl (C=O) groups excluding carboxylic acids is 1. The Morgan fingerprint density at radius 2 is 2.14 bits per heavy atom. The molecule has 0 unspecified atom stereocenters. The minimum Gasteiger partial charge on any atom is -0.310 e. The molecule has 0 aliphatic rings. The Labute approximate surface area is 139 Å². The van der Waals surface area contributed by atoms with Gasteiger partial charge in [-0.1, -0.05) is 6.07 Å². The Morgan fingerprint density at radius 3 is 2.86 bits per heavy atom. The molecule has 3 aromatic heterocycles. The third-order valence-corrected chi connectivity index (χ3v) is 4.16. The van der Waals surface area contributed by atoms with E-state index in [9.17, 15) is 4.79 Å². The standard InChI is InChI=1S/C15H11BrN4OS/c16-10-4-5-13(18-8-10)20-14(21)7-11-9-22-15(19-11)12-3-1-2-6-17-12/h1-6,8-9H,7H2,(H,18,20,21). The zero-order chi connectivity index (χ0) is 15.4. The highest BCUT2D eigenvalue weighted by Gasteiger charge is 2.10. The van der Waals surface area contributed by atoms with Gasteiger partial charge in [0.2, 0.25) is 5.91 Å². The fourth-order valence-corrected chi connectivity index (χ4v) is 2.83. The van der Waals surface area contributed by atoms with Crippen LogP contribution in [0.2, 0.25) is 0 Å². The lowest BCUT2D eigenvalue weighted by Crippen LogP contribution is -2.15. The summed E-state index contributed by atoms with van der Waals surface area (Å²) in [5.41, 5.74) is 1.54. The van der Waals surface area contributed by atoms with Gasteiger partial charge in [0.25, 0.3) is 0 Å². The summed E-state index contributed by atoms with van der Waals surface area (Å²) >= 11 is 4.78. The molecule has 3 heterocycles. The van der Waals surface area contributed by atoms with Crippen LogP contribution in [0.3, 0.4) is 0 Å². The summed E-state index contributed by atoms with van der Waals surface area (Å²) in [7, 11) is 0. The third kappa shape index (κ3) is 3.75. The first-order chi connectivity index (χ1) is 10.7. The maximum atomic E-state index is 12.0. The second kappa shape index (κ2) is 6.76. The van der Waals surface area contributed by atoms with Crippen LogP contribution in [0.25, 0.3) is 10.7 Å². The lowest BCUT2D eigenvalue weighted by atomic mass is 10.3. The predicted octanol–water partition coefficient (Wildman–Crippen LogP) is 3.54. The van der Waals surface area contributed by atoms with Crippen molar-refractivity contribution in [3.8, 4) is 10.7 Å². The largest absolute Gasteiger partial charge is 0.310 e. The van der Waals surface area contributed by atoms with Gasteiger partial charge in [-0.05, 0) is 40.2 Å². The molecular weight excluding hydrogens is 364 g/mol. The molecule has 0 aliphatic carbocycles. The van der Waals surface area contributed by atoms with Gasteiger partial charge in [0.15, 0.2) is 0 Å². The SMILES string of the molecule is O=C(Cc1csc(-c2ccccn2)n1)Nc1ccc(Br)cn1. The normalized spacial score (nSPS) is 10.4. The molecule has 22 heavy (non-hydrogen) atoms. The van der Waals surface area contributed by atoms with Crippen molar-refractivity contribution in [2.45, 2.75) is 6.42 Å². The number of hydrogen-bond acceptors (Lipinski definition) is 5. The van der Waals surface area contributed by atoms with E-state index >= 15 is 0 Å². The Hall–Kier alpha value is -2.12. The summed E-state index contributed by atoms with van der Waals surface area (Å²) in [6, 6.07) is 9.23. The highest BCUT2D eigenvalue weighted by Crippen LogP contribution is 2.21. The molecule has 3 rings (SSSR count). The molecule has 0 atom stereocenters. The van der Waals surface area contributed by atoms with Crippen molar-refractivity contribution in [3.63, 3.8) is 0 Å². The van der Waals surface area contributed by atoms with Gasteiger partial charge in [0.05, 0.1) is 17.8 Å². The predicted molar refractivity (Wildman–Crippen MR) is 89.6 cm³/mol. The third-order valence-electron chi connectivity index (χ3n) is 2.77. The fourth-order valence-electron chi connectivity index (χ4n) is 1.80. The molecule has 1 amide bonds. The molecule has 5 nitrogen and oxygen atoms in total. The van der Waals surface area contributed by atoms with Gasteiger partial charge < -0.3 is 5.32 Å². The molecule has 0 aliphatic heterocycles. The lowest BCUT2D eigenvalue weighted by Gasteiger charge is -2.02. The number of amides is 1. The molecule has 7 heteroatoms. The van der Waals surface area contributed by atoms with E-state index in [0.29, 0.717) is 5.82 Å². The van der Waals surface area contributed by atoms with Crippen LogP contribution in [0, 0.1) is 0 Å². The number of pyridine rings is 2. The van der Waals surface area contributed by atoms with Crippen molar-refractivity contribution in [1.29, 1.82) is 0 Å². The molecule has 0 aromatic carbocycles. The average Bonchev–Trinajstić information content (AvgIpc) is 2.99. The molecule has 0 bridgehead atoms. The number of nitrogens with one attached hydrogen (secondary N) is 1. The van der Waals surface area contributed by atoms with Gasteiger partial charge in [-0.3, -0.25) is 9.78 Å². The minimum atomic E-state index is -0.146. The van der Waals surface area contributed by atoms with E-state index in [2.05, 4.69) is 36.2 Å². The molecule has 3 aromatic rings. The maximum absolute atomic E-state index is 12.0. The van der Waals surface area contributed by atoms with Crippen LogP contribution in [-0.4, -0.2) is 20.9 Å². The van der Waals surface area contributed by atoms with Crippen LogP contribution in [0.1, 0.15) is 5.69 Å². The monoisotopic (exact) mass is 374 g/mol. The van der Waals surface area contributed by atoms with Crippen LogP contribution in [0.5, 0.6) is 0 Å². The summed E-state index contributed by atoms with van der Waals surface area (Å²) in [5.74, 6) is 0.376. The van der Waals surface area contributed by atoms with E-state index < -0.39 is 0 Å². The number of nitrogens with zero attached hydrogens (tertiary/aromatic N) is 3. The molecule has 0 saturated carbocycles. The Balaban J connectivity index is 1.65. The number of halogens is 1. The van der Waals surface area contributed by atoms with Gasteiger partial charge in [-0.15, -0.1) is 11.3 Å². The molecule has 0 saturated heterocycles. The Morgan fingerprint density at radius 1 is 1.23 bits per heavy atom. The first-order valence-electron chi connectivity index (χ1n) is 6.48. The lowest BCUT2D eigenvalue weighted by molar-refractivity contribution is -0.115. The molecular formula is C15H11BrN4OS. The topological polar surface area (TPSA) is 67.8 Å². The van der Waals surface area contributed by atoms with Gasteiger partial charge in [0, 0.05) is 22.2 Å². The van der Waals surface area contributed by atoms with Crippen LogP contribution in [0.15, 0.2) is 52.6 Å². The van der Waals surface area contributed by atoms with Gasteiger partial charge in [-0.2, -0.15) is 0 Å². The summed E-state index contributed by atoms with van der Waals surface area (Å²) in [4.78, 5) is 24.8. The van der Waals surface area contributed by atoms with Gasteiger partial charge in [-0.25, -0.2) is 9.97 Å². The summed E-state index contributed by atoms with van der Waals surface area (Å²) < 4.78 is 0.866. The molecule has 0 spiro atoms. The first-order valence-corrected chi connectivity index (χ1v) is 8.15. The summed E-state index contributed by atoms with van der Waals surface area (Å²) in [6.07, 6.45) is 3.57. The van der Waals surface area contributed by atoms with E-state index in [1.165, 1.54) is 11.3 Å². The van der Waals surface area contributed by atoms with Crippen molar-refractivity contribution in [2.24, 2.45) is 0 Å². The van der Waals surface area contributed by atoms with Gasteiger partial charge >= 0.3 is 0 Å². The highest BCUT2D eigenvalue weighted by molar-refractivity contribution is 9.10. The number of carbonyl (C=O) groups is 1. The van der Waals surface area contributed by atoms with E-state index in [4.69, 9.17) is 0 Å². The Bertz CT molecular complexity index is 774. The van der Waals surface area contributed by atoms with E-state index in [1.54, 1.807) is 18.5 Å². The number of aromatic nitrogens is 3. The van der Waals surface area contributed by atoms with Crippen LogP contribution >= 0.6 is 27.3 Å². The van der Waals surface area contributed by atoms with E-state index in [0.717, 1.165) is 20.9 Å². The first kappa shape index (κ1) is 14.8. The smallest absolute Gasteiger partial charge is 0.231 e.